The number of fused-ring (bicyclic) bond motifs is 2. The zero-order valence-corrected chi connectivity index (χ0v) is 19.9. The molecule has 0 aromatic heterocycles. The lowest BCUT2D eigenvalue weighted by atomic mass is 9.38. The fourth-order valence-corrected chi connectivity index (χ4v) is 10.7. The van der Waals surface area contributed by atoms with Crippen LogP contribution in [0.3, 0.4) is 0 Å². The highest BCUT2D eigenvalue weighted by Crippen LogP contribution is 2.86. The second-order valence-electron chi connectivity index (χ2n) is 13.4. The van der Waals surface area contributed by atoms with Gasteiger partial charge in [0.15, 0.2) is 0 Å². The quantitative estimate of drug-likeness (QED) is 0.428. The van der Waals surface area contributed by atoms with Gasteiger partial charge in [0.25, 0.3) is 0 Å². The Balaban J connectivity index is 1.18. The number of carbonyl (C=O) groups is 1. The second-order valence-corrected chi connectivity index (χ2v) is 13.4. The van der Waals surface area contributed by atoms with Crippen LogP contribution in [0.15, 0.2) is 12.2 Å². The predicted molar refractivity (Wildman–Crippen MR) is 119 cm³/mol. The minimum atomic E-state index is 0.0277. The third-order valence-electron chi connectivity index (χ3n) is 12.3. The molecule has 0 radical (unpaired) electrons. The van der Waals surface area contributed by atoms with Crippen molar-refractivity contribution in [2.24, 2.45) is 46.3 Å². The van der Waals surface area contributed by atoms with Crippen LogP contribution in [0, 0.1) is 46.3 Å². The van der Waals surface area contributed by atoms with Gasteiger partial charge in [-0.1, -0.05) is 32.9 Å². The van der Waals surface area contributed by atoms with Gasteiger partial charge in [-0.3, -0.25) is 4.79 Å². The van der Waals surface area contributed by atoms with Gasteiger partial charge in [0.05, 0.1) is 17.8 Å². The van der Waals surface area contributed by atoms with Crippen LogP contribution in [-0.2, 0) is 14.3 Å². The molecule has 4 bridgehead atoms. The highest BCUT2D eigenvalue weighted by molar-refractivity contribution is 5.79. The molecule has 11 unspecified atom stereocenters. The van der Waals surface area contributed by atoms with Crippen LogP contribution in [0.1, 0.15) is 85.5 Å². The van der Waals surface area contributed by atoms with E-state index in [1.165, 1.54) is 24.8 Å². The van der Waals surface area contributed by atoms with Gasteiger partial charge in [-0.25, -0.2) is 0 Å². The van der Waals surface area contributed by atoms with Crippen molar-refractivity contribution in [2.75, 3.05) is 0 Å². The molecule has 2 heterocycles. The largest absolute Gasteiger partial charge is 0.371 e. The molecule has 2 spiro atoms. The first-order chi connectivity index (χ1) is 14.7. The lowest BCUT2D eigenvalue weighted by molar-refractivity contribution is -0.219. The summed E-state index contributed by atoms with van der Waals surface area (Å²) in [7, 11) is 0. The van der Waals surface area contributed by atoms with Gasteiger partial charge < -0.3 is 9.47 Å². The van der Waals surface area contributed by atoms with E-state index in [4.69, 9.17) is 9.47 Å². The molecule has 3 nitrogen and oxygen atoms in total. The molecule has 0 N–H and O–H groups in total. The maximum absolute atomic E-state index is 12.2. The van der Waals surface area contributed by atoms with Crippen LogP contribution in [0.5, 0.6) is 0 Å². The van der Waals surface area contributed by atoms with Gasteiger partial charge in [0, 0.05) is 24.2 Å². The smallest absolute Gasteiger partial charge is 0.133 e. The third kappa shape index (κ3) is 2.05. The number of epoxide rings is 1. The summed E-state index contributed by atoms with van der Waals surface area (Å²) in [6.07, 6.45) is 11.0. The molecule has 2 aliphatic heterocycles. The van der Waals surface area contributed by atoms with Gasteiger partial charge in [-0.15, -0.1) is 0 Å². The maximum atomic E-state index is 12.2. The van der Waals surface area contributed by atoms with Crippen molar-refractivity contribution in [3.63, 3.8) is 0 Å². The van der Waals surface area contributed by atoms with E-state index in [0.717, 1.165) is 50.4 Å². The Morgan fingerprint density at radius 1 is 1.16 bits per heavy atom. The van der Waals surface area contributed by atoms with Crippen LogP contribution in [0.2, 0.25) is 0 Å². The summed E-state index contributed by atoms with van der Waals surface area (Å²) in [6.45, 7) is 13.8. The van der Waals surface area contributed by atoms with E-state index in [9.17, 15) is 4.79 Å². The Bertz CT molecular complexity index is 877. The average Bonchev–Trinajstić information content (AvgIpc) is 3.07. The summed E-state index contributed by atoms with van der Waals surface area (Å²) >= 11 is 0. The monoisotopic (exact) mass is 424 g/mol. The Morgan fingerprint density at radius 2 is 1.97 bits per heavy atom. The Hall–Kier alpha value is -0.670. The minimum Gasteiger partial charge on any atom is -0.371 e. The van der Waals surface area contributed by atoms with E-state index in [1.54, 1.807) is 0 Å². The first kappa shape index (κ1) is 19.8. The Labute approximate surface area is 187 Å². The van der Waals surface area contributed by atoms with Gasteiger partial charge in [0.2, 0.25) is 0 Å². The fourth-order valence-electron chi connectivity index (χ4n) is 10.7. The predicted octanol–water partition coefficient (Wildman–Crippen LogP) is 5.72. The summed E-state index contributed by atoms with van der Waals surface area (Å²) in [6, 6.07) is 0. The van der Waals surface area contributed by atoms with Crippen molar-refractivity contribution in [1.29, 1.82) is 0 Å². The molecule has 3 heteroatoms. The number of carbonyl (C=O) groups excluding carboxylic acids is 1. The SMILES string of the molecule is C=C(CCC1(C)OC2C3CC1C21CCC2C4(C)CCC(=O)CC4CC4OC42C31)C(C)C. The summed E-state index contributed by atoms with van der Waals surface area (Å²) in [5, 5.41) is 0. The van der Waals surface area contributed by atoms with E-state index in [0.29, 0.717) is 52.5 Å². The number of Topliss-reactive ketones (excluding diaryl/α,β-unsaturated/α-hetero) is 1. The molecule has 0 aromatic rings. The molecule has 8 fully saturated rings. The molecule has 6 aliphatic carbocycles. The molecule has 0 amide bonds. The molecule has 31 heavy (non-hydrogen) atoms. The van der Waals surface area contributed by atoms with Crippen LogP contribution < -0.4 is 0 Å². The minimum absolute atomic E-state index is 0.0277. The number of hydrogen-bond acceptors (Lipinski definition) is 3. The van der Waals surface area contributed by atoms with E-state index in [1.807, 2.05) is 0 Å². The highest BCUT2D eigenvalue weighted by atomic mass is 16.6. The molecular weight excluding hydrogens is 384 g/mol. The van der Waals surface area contributed by atoms with Gasteiger partial charge in [-0.05, 0) is 86.9 Å². The highest BCUT2D eigenvalue weighted by Gasteiger charge is 2.90. The summed E-state index contributed by atoms with van der Waals surface area (Å²) in [5.41, 5.74) is 2.24. The number of hydrogen-bond donors (Lipinski definition) is 0. The van der Waals surface area contributed by atoms with Crippen molar-refractivity contribution in [2.45, 2.75) is 109 Å². The van der Waals surface area contributed by atoms with Gasteiger partial charge in [-0.2, -0.15) is 0 Å². The maximum Gasteiger partial charge on any atom is 0.133 e. The average molecular weight is 425 g/mol. The number of rotatable bonds is 4. The summed E-state index contributed by atoms with van der Waals surface area (Å²) < 4.78 is 13.8. The number of ether oxygens (including phenoxy) is 2. The molecule has 11 atom stereocenters. The van der Waals surface area contributed by atoms with E-state index in [2.05, 4.69) is 34.3 Å². The molecule has 6 saturated carbocycles. The fraction of sp³-hybridized carbons (Fsp3) is 0.893. The van der Waals surface area contributed by atoms with Crippen LogP contribution in [0.4, 0.5) is 0 Å². The molecule has 170 valence electrons. The zero-order valence-electron chi connectivity index (χ0n) is 19.9. The van der Waals surface area contributed by atoms with Crippen molar-refractivity contribution in [3.8, 4) is 0 Å². The van der Waals surface area contributed by atoms with Gasteiger partial charge in [0.1, 0.15) is 11.4 Å². The topological polar surface area (TPSA) is 38.8 Å². The van der Waals surface area contributed by atoms with E-state index in [-0.39, 0.29) is 11.2 Å². The molecular formula is C28H40O3. The zero-order chi connectivity index (χ0) is 21.6. The van der Waals surface area contributed by atoms with Crippen molar-refractivity contribution in [1.82, 2.24) is 0 Å². The van der Waals surface area contributed by atoms with E-state index < -0.39 is 0 Å². The number of allylic oxidation sites excluding steroid dienone is 1. The third-order valence-corrected chi connectivity index (χ3v) is 12.3. The summed E-state index contributed by atoms with van der Waals surface area (Å²) in [4.78, 5) is 12.2. The molecule has 8 rings (SSSR count). The molecule has 2 saturated heterocycles. The Kier molecular flexibility index (Phi) is 3.63. The van der Waals surface area contributed by atoms with Crippen LogP contribution in [0.25, 0.3) is 0 Å². The standard InChI is InChI=1S/C28H40O3/c1-15(2)16(3)6-10-26(5)21-14-19-23-27(21,24(19)31-26)11-8-20-25(4)9-7-18(29)12-17(25)13-22-28(20,23)30-22/h15,17,19-24H,3,6-14H2,1-2,4-5H3. The lowest BCUT2D eigenvalue weighted by Gasteiger charge is -2.64. The lowest BCUT2D eigenvalue weighted by Crippen LogP contribution is -2.68. The van der Waals surface area contributed by atoms with Crippen LogP contribution in [-0.4, -0.2) is 29.2 Å². The normalized spacial score (nSPS) is 60.0. The first-order valence-electron chi connectivity index (χ1n) is 13.2. The van der Waals surface area contributed by atoms with Crippen LogP contribution >= 0.6 is 0 Å². The first-order valence-corrected chi connectivity index (χ1v) is 13.2. The number of ketones is 1. The van der Waals surface area contributed by atoms with E-state index >= 15 is 0 Å². The second kappa shape index (κ2) is 5.69. The van der Waals surface area contributed by atoms with Crippen molar-refractivity contribution < 1.29 is 14.3 Å². The van der Waals surface area contributed by atoms with Gasteiger partial charge >= 0.3 is 0 Å². The molecule has 8 aliphatic rings. The Morgan fingerprint density at radius 3 is 2.74 bits per heavy atom. The van der Waals surface area contributed by atoms with Crippen molar-refractivity contribution >= 4 is 5.78 Å². The molecule has 0 aromatic carbocycles. The van der Waals surface area contributed by atoms with Crippen molar-refractivity contribution in [3.05, 3.63) is 12.2 Å². The summed E-state index contributed by atoms with van der Waals surface area (Å²) in [5.74, 6) is 4.45.